The summed E-state index contributed by atoms with van der Waals surface area (Å²) < 4.78 is 5.18. The highest BCUT2D eigenvalue weighted by Crippen LogP contribution is 2.30. The molecule has 0 radical (unpaired) electrons. The molecule has 2 atom stereocenters. The number of aliphatic carboxylic acids is 1. The van der Waals surface area contributed by atoms with Crippen LogP contribution in [0.1, 0.15) is 17.9 Å². The lowest BCUT2D eigenvalue weighted by Crippen LogP contribution is -2.55. The molecule has 3 amide bonds. The van der Waals surface area contributed by atoms with Gasteiger partial charge in [0.05, 0.1) is 13.2 Å². The number of amides is 3. The van der Waals surface area contributed by atoms with Crippen LogP contribution in [-0.2, 0) is 9.59 Å². The number of nitrogens with zero attached hydrogens (tertiary/aromatic N) is 1. The summed E-state index contributed by atoms with van der Waals surface area (Å²) in [4.78, 5) is 37.4. The maximum atomic E-state index is 12.6. The fourth-order valence-electron chi connectivity index (χ4n) is 3.46. The lowest BCUT2D eigenvalue weighted by atomic mass is 9.84. The molecule has 0 aliphatic carbocycles. The minimum Gasteiger partial charge on any atom is -0.497 e. The molecule has 1 aliphatic rings. The highest BCUT2D eigenvalue weighted by atomic mass is 35.5. The summed E-state index contributed by atoms with van der Waals surface area (Å²) in [6.45, 7) is -0.318. The van der Waals surface area contributed by atoms with Crippen molar-refractivity contribution >= 4 is 35.2 Å². The zero-order valence-electron chi connectivity index (χ0n) is 16.3. The van der Waals surface area contributed by atoms with Crippen LogP contribution in [0.5, 0.6) is 5.75 Å². The molecule has 9 heteroatoms. The predicted molar refractivity (Wildman–Crippen MR) is 112 cm³/mol. The smallest absolute Gasteiger partial charge is 0.323 e. The third-order valence-corrected chi connectivity index (χ3v) is 5.19. The molecule has 2 unspecified atom stereocenters. The van der Waals surface area contributed by atoms with Gasteiger partial charge >= 0.3 is 12.0 Å². The third kappa shape index (κ3) is 5.42. The van der Waals surface area contributed by atoms with E-state index in [1.807, 2.05) is 12.1 Å². The lowest BCUT2D eigenvalue weighted by molar-refractivity contribution is -0.146. The van der Waals surface area contributed by atoms with Crippen LogP contribution in [0.15, 0.2) is 48.5 Å². The van der Waals surface area contributed by atoms with Crippen molar-refractivity contribution in [3.63, 3.8) is 0 Å². The van der Waals surface area contributed by atoms with Crippen LogP contribution in [-0.4, -0.2) is 54.2 Å². The molecule has 0 bridgehead atoms. The zero-order valence-corrected chi connectivity index (χ0v) is 17.1. The van der Waals surface area contributed by atoms with Crippen molar-refractivity contribution in [3.05, 3.63) is 59.1 Å². The Labute approximate surface area is 178 Å². The van der Waals surface area contributed by atoms with Crippen molar-refractivity contribution in [1.29, 1.82) is 0 Å². The van der Waals surface area contributed by atoms with Crippen LogP contribution in [0.25, 0.3) is 0 Å². The van der Waals surface area contributed by atoms with Gasteiger partial charge in [-0.05, 0) is 42.0 Å². The molecule has 30 heavy (non-hydrogen) atoms. The van der Waals surface area contributed by atoms with Crippen molar-refractivity contribution in [2.45, 2.75) is 18.4 Å². The first-order valence-electron chi connectivity index (χ1n) is 9.32. The molecular formula is C21H22ClN3O5. The average Bonchev–Trinajstić information content (AvgIpc) is 2.71. The number of hydrogen-bond acceptors (Lipinski definition) is 4. The monoisotopic (exact) mass is 431 g/mol. The minimum absolute atomic E-state index is 0.0888. The second-order valence-electron chi connectivity index (χ2n) is 6.96. The Morgan fingerprint density at radius 3 is 2.43 bits per heavy atom. The summed E-state index contributed by atoms with van der Waals surface area (Å²) >= 11 is 5.86. The van der Waals surface area contributed by atoms with E-state index in [1.165, 1.54) is 4.90 Å². The molecule has 2 aromatic rings. The van der Waals surface area contributed by atoms with Gasteiger partial charge in [0.15, 0.2) is 0 Å². The molecule has 0 spiro atoms. The van der Waals surface area contributed by atoms with E-state index >= 15 is 0 Å². The largest absolute Gasteiger partial charge is 0.497 e. The highest BCUT2D eigenvalue weighted by Gasteiger charge is 2.36. The summed E-state index contributed by atoms with van der Waals surface area (Å²) in [6, 6.07) is 13.0. The Kier molecular flexibility index (Phi) is 6.79. The number of nitrogens with one attached hydrogen (secondary N) is 2. The van der Waals surface area contributed by atoms with Gasteiger partial charge in [-0.3, -0.25) is 9.59 Å². The number of carbonyl (C=O) groups is 3. The van der Waals surface area contributed by atoms with Crippen LogP contribution in [0.3, 0.4) is 0 Å². The van der Waals surface area contributed by atoms with Crippen LogP contribution >= 0.6 is 11.6 Å². The Bertz CT molecular complexity index is 917. The van der Waals surface area contributed by atoms with Gasteiger partial charge in [0.25, 0.3) is 0 Å². The van der Waals surface area contributed by atoms with Crippen molar-refractivity contribution in [2.24, 2.45) is 0 Å². The molecule has 158 valence electrons. The standard InChI is InChI=1S/C21H22ClN3O5/c1-30-16-8-2-13(3-9-16)17-10-19(26)25(12-20(27)28)11-18(17)24-21(29)23-15-6-4-14(22)5-7-15/h2-9,17-18H,10-12H2,1H3,(H,27,28)(H2,23,24,29). The van der Waals surface area contributed by atoms with Gasteiger partial charge in [0.1, 0.15) is 12.3 Å². The first-order chi connectivity index (χ1) is 14.4. The van der Waals surface area contributed by atoms with E-state index in [0.717, 1.165) is 5.56 Å². The zero-order chi connectivity index (χ0) is 21.7. The Balaban J connectivity index is 1.78. The Morgan fingerprint density at radius 1 is 1.17 bits per heavy atom. The maximum absolute atomic E-state index is 12.6. The van der Waals surface area contributed by atoms with Crippen molar-refractivity contribution in [2.75, 3.05) is 25.5 Å². The van der Waals surface area contributed by atoms with E-state index in [2.05, 4.69) is 10.6 Å². The molecule has 1 heterocycles. The van der Waals surface area contributed by atoms with E-state index in [4.69, 9.17) is 21.4 Å². The van der Waals surface area contributed by atoms with E-state index in [-0.39, 0.29) is 24.8 Å². The first-order valence-corrected chi connectivity index (χ1v) is 9.70. The molecule has 1 aliphatic heterocycles. The van der Waals surface area contributed by atoms with E-state index in [0.29, 0.717) is 16.5 Å². The fourth-order valence-corrected chi connectivity index (χ4v) is 3.58. The number of likely N-dealkylation sites (tertiary alicyclic amines) is 1. The number of anilines is 1. The van der Waals surface area contributed by atoms with Gasteiger partial charge in [0, 0.05) is 29.6 Å². The average molecular weight is 432 g/mol. The highest BCUT2D eigenvalue weighted by molar-refractivity contribution is 6.30. The predicted octanol–water partition coefficient (Wildman–Crippen LogP) is 2.94. The first kappa shape index (κ1) is 21.4. The molecule has 3 rings (SSSR count). The topological polar surface area (TPSA) is 108 Å². The number of methoxy groups -OCH3 is 1. The molecule has 1 fully saturated rings. The number of carbonyl (C=O) groups excluding carboxylic acids is 2. The second-order valence-corrected chi connectivity index (χ2v) is 7.40. The number of piperidine rings is 1. The number of ether oxygens (including phenoxy) is 1. The number of carboxylic acid groups (broad SMARTS) is 1. The normalized spacial score (nSPS) is 18.6. The van der Waals surface area contributed by atoms with Gasteiger partial charge in [-0.2, -0.15) is 0 Å². The SMILES string of the molecule is COc1ccc(C2CC(=O)N(CC(=O)O)CC2NC(=O)Nc2ccc(Cl)cc2)cc1. The summed E-state index contributed by atoms with van der Waals surface area (Å²) in [5.41, 5.74) is 1.42. The molecule has 1 saturated heterocycles. The van der Waals surface area contributed by atoms with Crippen LogP contribution in [0.2, 0.25) is 5.02 Å². The molecule has 8 nitrogen and oxygen atoms in total. The van der Waals surface area contributed by atoms with E-state index in [9.17, 15) is 14.4 Å². The summed E-state index contributed by atoms with van der Waals surface area (Å²) in [5, 5.41) is 15.2. The number of hydrogen-bond donors (Lipinski definition) is 3. The maximum Gasteiger partial charge on any atom is 0.323 e. The fraction of sp³-hybridized carbons (Fsp3) is 0.286. The molecule has 0 aromatic heterocycles. The summed E-state index contributed by atoms with van der Waals surface area (Å²) in [6.07, 6.45) is 0.0888. The molecular weight excluding hydrogens is 410 g/mol. The van der Waals surface area contributed by atoms with E-state index < -0.39 is 24.6 Å². The van der Waals surface area contributed by atoms with Gasteiger partial charge in [-0.25, -0.2) is 4.79 Å². The minimum atomic E-state index is -1.10. The lowest BCUT2D eigenvalue weighted by Gasteiger charge is -2.38. The van der Waals surface area contributed by atoms with Gasteiger partial charge in [-0.1, -0.05) is 23.7 Å². The summed E-state index contributed by atoms with van der Waals surface area (Å²) in [5.74, 6) is -0.993. The van der Waals surface area contributed by atoms with E-state index in [1.54, 1.807) is 43.5 Å². The summed E-state index contributed by atoms with van der Waals surface area (Å²) in [7, 11) is 1.56. The Morgan fingerprint density at radius 2 is 1.83 bits per heavy atom. The van der Waals surface area contributed by atoms with Crippen LogP contribution < -0.4 is 15.4 Å². The van der Waals surface area contributed by atoms with Crippen molar-refractivity contribution in [1.82, 2.24) is 10.2 Å². The van der Waals surface area contributed by atoms with Crippen molar-refractivity contribution in [3.8, 4) is 5.75 Å². The second kappa shape index (κ2) is 9.49. The Hall–Kier alpha value is -3.26. The molecule has 3 N–H and O–H groups in total. The molecule has 0 saturated carbocycles. The van der Waals surface area contributed by atoms with Crippen LogP contribution in [0, 0.1) is 0 Å². The number of rotatable bonds is 6. The number of benzene rings is 2. The van der Waals surface area contributed by atoms with Crippen molar-refractivity contribution < 1.29 is 24.2 Å². The van der Waals surface area contributed by atoms with Gasteiger partial charge in [-0.15, -0.1) is 0 Å². The van der Waals surface area contributed by atoms with Gasteiger partial charge < -0.3 is 25.4 Å². The third-order valence-electron chi connectivity index (χ3n) is 4.94. The quantitative estimate of drug-likeness (QED) is 0.651. The number of carboxylic acids is 1. The number of halogens is 1. The number of urea groups is 1. The molecule has 2 aromatic carbocycles. The van der Waals surface area contributed by atoms with Crippen LogP contribution in [0.4, 0.5) is 10.5 Å². The van der Waals surface area contributed by atoms with Gasteiger partial charge in [0.2, 0.25) is 5.91 Å².